The predicted molar refractivity (Wildman–Crippen MR) is 95.6 cm³/mol. The lowest BCUT2D eigenvalue weighted by Crippen LogP contribution is -2.29. The van der Waals surface area contributed by atoms with Gasteiger partial charge in [0.2, 0.25) is 0 Å². The average Bonchev–Trinajstić information content (AvgIpc) is 2.86. The molecule has 22 heavy (non-hydrogen) atoms. The van der Waals surface area contributed by atoms with E-state index in [0.29, 0.717) is 11.8 Å². The van der Waals surface area contributed by atoms with Gasteiger partial charge in [-0.1, -0.05) is 45.7 Å². The topological polar surface area (TPSA) is 3.24 Å². The van der Waals surface area contributed by atoms with Crippen LogP contribution in [0.3, 0.4) is 0 Å². The zero-order chi connectivity index (χ0) is 15.3. The number of benzene rings is 2. The smallest absolute Gasteiger partial charge is 0.0409 e. The SMILES string of the molecule is CN1CC2Cc3ccc(Cl)cc3C(c3ccc(Br)cc3)C2C1. The molecule has 1 aliphatic carbocycles. The average molecular weight is 377 g/mol. The maximum atomic E-state index is 6.31. The van der Waals surface area contributed by atoms with E-state index in [-0.39, 0.29) is 0 Å². The van der Waals surface area contributed by atoms with Crippen LogP contribution in [0, 0.1) is 11.8 Å². The van der Waals surface area contributed by atoms with Crippen molar-refractivity contribution >= 4 is 27.5 Å². The highest BCUT2D eigenvalue weighted by Crippen LogP contribution is 2.47. The molecule has 2 aliphatic rings. The fourth-order valence-corrected chi connectivity index (χ4v) is 4.81. The number of halogens is 2. The van der Waals surface area contributed by atoms with Crippen LogP contribution in [0.25, 0.3) is 0 Å². The number of likely N-dealkylation sites (tertiary alicyclic amines) is 1. The quantitative estimate of drug-likeness (QED) is 0.679. The van der Waals surface area contributed by atoms with Crippen LogP contribution >= 0.6 is 27.5 Å². The van der Waals surface area contributed by atoms with Crippen LogP contribution < -0.4 is 0 Å². The second-order valence-corrected chi connectivity index (χ2v) is 8.07. The number of hydrogen-bond acceptors (Lipinski definition) is 1. The van der Waals surface area contributed by atoms with Crippen LogP contribution in [0.5, 0.6) is 0 Å². The molecule has 4 rings (SSSR count). The van der Waals surface area contributed by atoms with Crippen LogP contribution in [0.1, 0.15) is 22.6 Å². The molecule has 0 aromatic heterocycles. The van der Waals surface area contributed by atoms with Crippen LogP contribution in [0.2, 0.25) is 5.02 Å². The molecule has 114 valence electrons. The molecule has 1 aliphatic heterocycles. The maximum Gasteiger partial charge on any atom is 0.0409 e. The third-order valence-corrected chi connectivity index (χ3v) is 6.02. The monoisotopic (exact) mass is 375 g/mol. The minimum absolute atomic E-state index is 0.463. The van der Waals surface area contributed by atoms with Crippen molar-refractivity contribution < 1.29 is 0 Å². The van der Waals surface area contributed by atoms with E-state index in [1.54, 1.807) is 0 Å². The van der Waals surface area contributed by atoms with E-state index < -0.39 is 0 Å². The van der Waals surface area contributed by atoms with Gasteiger partial charge < -0.3 is 4.90 Å². The summed E-state index contributed by atoms with van der Waals surface area (Å²) in [6, 6.07) is 15.3. The molecular formula is C19H19BrClN. The highest BCUT2D eigenvalue weighted by Gasteiger charge is 2.42. The first kappa shape index (κ1) is 14.7. The molecule has 0 radical (unpaired) electrons. The lowest BCUT2D eigenvalue weighted by Gasteiger charge is -2.36. The second-order valence-electron chi connectivity index (χ2n) is 6.72. The Labute approximate surface area is 145 Å². The summed E-state index contributed by atoms with van der Waals surface area (Å²) in [7, 11) is 2.24. The van der Waals surface area contributed by atoms with Gasteiger partial charge in [0.05, 0.1) is 0 Å². The number of nitrogens with zero attached hydrogens (tertiary/aromatic N) is 1. The molecule has 1 fully saturated rings. The molecule has 2 aromatic carbocycles. The zero-order valence-electron chi connectivity index (χ0n) is 12.6. The van der Waals surface area contributed by atoms with Gasteiger partial charge >= 0.3 is 0 Å². The van der Waals surface area contributed by atoms with Crippen LogP contribution in [-0.2, 0) is 6.42 Å². The van der Waals surface area contributed by atoms with Crippen molar-refractivity contribution in [3.63, 3.8) is 0 Å². The normalized spacial score (nSPS) is 27.5. The van der Waals surface area contributed by atoms with Gasteiger partial charge in [-0.3, -0.25) is 0 Å². The largest absolute Gasteiger partial charge is 0.306 e. The van der Waals surface area contributed by atoms with E-state index in [1.807, 2.05) is 6.07 Å². The summed E-state index contributed by atoms with van der Waals surface area (Å²) in [6.45, 7) is 2.39. The summed E-state index contributed by atoms with van der Waals surface area (Å²) in [6.07, 6.45) is 1.19. The van der Waals surface area contributed by atoms with Gasteiger partial charge in [0.25, 0.3) is 0 Å². The first-order valence-corrected chi connectivity index (χ1v) is 9.01. The zero-order valence-corrected chi connectivity index (χ0v) is 14.9. The third-order valence-electron chi connectivity index (χ3n) is 5.26. The Bertz CT molecular complexity index is 697. The van der Waals surface area contributed by atoms with Crippen LogP contribution in [0.15, 0.2) is 46.9 Å². The Morgan fingerprint density at radius 2 is 1.86 bits per heavy atom. The lowest BCUT2D eigenvalue weighted by molar-refractivity contribution is 0.351. The fraction of sp³-hybridized carbons (Fsp3) is 0.368. The van der Waals surface area contributed by atoms with E-state index in [0.717, 1.165) is 15.4 Å². The molecule has 0 amide bonds. The van der Waals surface area contributed by atoms with Gasteiger partial charge in [-0.15, -0.1) is 0 Å². The van der Waals surface area contributed by atoms with Crippen molar-refractivity contribution in [3.05, 3.63) is 68.7 Å². The first-order chi connectivity index (χ1) is 10.6. The third kappa shape index (κ3) is 2.51. The molecule has 3 atom stereocenters. The Morgan fingerprint density at radius 1 is 1.09 bits per heavy atom. The maximum absolute atomic E-state index is 6.31. The van der Waals surface area contributed by atoms with Crippen molar-refractivity contribution in [1.82, 2.24) is 4.90 Å². The molecule has 1 saturated heterocycles. The molecule has 3 unspecified atom stereocenters. The van der Waals surface area contributed by atoms with Crippen LogP contribution in [-0.4, -0.2) is 25.0 Å². The lowest BCUT2D eigenvalue weighted by atomic mass is 9.68. The van der Waals surface area contributed by atoms with E-state index in [4.69, 9.17) is 11.6 Å². The minimum Gasteiger partial charge on any atom is -0.306 e. The summed E-state index contributed by atoms with van der Waals surface area (Å²) >= 11 is 9.86. The Morgan fingerprint density at radius 3 is 2.64 bits per heavy atom. The molecule has 0 saturated carbocycles. The Kier molecular flexibility index (Phi) is 3.80. The van der Waals surface area contributed by atoms with Gasteiger partial charge in [0, 0.05) is 28.5 Å². The summed E-state index contributed by atoms with van der Waals surface area (Å²) in [5.74, 6) is 1.91. The molecule has 0 spiro atoms. The summed E-state index contributed by atoms with van der Waals surface area (Å²) < 4.78 is 1.14. The van der Waals surface area contributed by atoms with Crippen molar-refractivity contribution in [3.8, 4) is 0 Å². The van der Waals surface area contributed by atoms with E-state index >= 15 is 0 Å². The van der Waals surface area contributed by atoms with E-state index in [1.165, 1.54) is 36.2 Å². The van der Waals surface area contributed by atoms with Crippen molar-refractivity contribution in [2.75, 3.05) is 20.1 Å². The Hall–Kier alpha value is -0.830. The molecule has 1 heterocycles. The van der Waals surface area contributed by atoms with E-state index in [9.17, 15) is 0 Å². The standard InChI is InChI=1S/C19H19BrClN/c1-22-10-14-8-13-4-7-16(21)9-17(13)19(18(14)11-22)12-2-5-15(20)6-3-12/h2-7,9,14,18-19H,8,10-11H2,1H3. The molecular weight excluding hydrogens is 358 g/mol. The Balaban J connectivity index is 1.85. The van der Waals surface area contributed by atoms with Gasteiger partial charge in [0.15, 0.2) is 0 Å². The molecule has 0 N–H and O–H groups in total. The second kappa shape index (κ2) is 5.67. The minimum atomic E-state index is 0.463. The summed E-state index contributed by atoms with van der Waals surface area (Å²) in [4.78, 5) is 2.48. The number of fused-ring (bicyclic) bond motifs is 2. The van der Waals surface area contributed by atoms with Crippen molar-refractivity contribution in [1.29, 1.82) is 0 Å². The number of rotatable bonds is 1. The summed E-state index contributed by atoms with van der Waals surface area (Å²) in [5.41, 5.74) is 4.33. The van der Waals surface area contributed by atoms with Crippen molar-refractivity contribution in [2.45, 2.75) is 12.3 Å². The molecule has 1 nitrogen and oxygen atoms in total. The summed E-state index contributed by atoms with van der Waals surface area (Å²) in [5, 5.41) is 0.852. The van der Waals surface area contributed by atoms with Crippen LogP contribution in [0.4, 0.5) is 0 Å². The molecule has 3 heteroatoms. The van der Waals surface area contributed by atoms with Crippen molar-refractivity contribution in [2.24, 2.45) is 11.8 Å². The highest BCUT2D eigenvalue weighted by molar-refractivity contribution is 9.10. The fourth-order valence-electron chi connectivity index (χ4n) is 4.36. The molecule has 0 bridgehead atoms. The van der Waals surface area contributed by atoms with Gasteiger partial charge in [0.1, 0.15) is 0 Å². The highest BCUT2D eigenvalue weighted by atomic mass is 79.9. The van der Waals surface area contributed by atoms with Gasteiger partial charge in [-0.2, -0.15) is 0 Å². The first-order valence-electron chi connectivity index (χ1n) is 7.84. The number of hydrogen-bond donors (Lipinski definition) is 0. The predicted octanol–water partition coefficient (Wildman–Crippen LogP) is 4.97. The van der Waals surface area contributed by atoms with Gasteiger partial charge in [-0.25, -0.2) is 0 Å². The molecule has 2 aromatic rings. The van der Waals surface area contributed by atoms with E-state index in [2.05, 4.69) is 64.3 Å². The van der Waals surface area contributed by atoms with Gasteiger partial charge in [-0.05, 0) is 66.3 Å².